The van der Waals surface area contributed by atoms with Gasteiger partial charge in [0.05, 0.1) is 6.04 Å². The van der Waals surface area contributed by atoms with Crippen molar-refractivity contribution >= 4 is 11.9 Å². The summed E-state index contributed by atoms with van der Waals surface area (Å²) in [7, 11) is 3.46. The van der Waals surface area contributed by atoms with E-state index in [1.165, 1.54) is 4.90 Å². The van der Waals surface area contributed by atoms with Crippen LogP contribution in [0.15, 0.2) is 0 Å². The van der Waals surface area contributed by atoms with Gasteiger partial charge in [0.1, 0.15) is 11.6 Å². The number of carbonyl (C=O) groups excluding carboxylic acids is 2. The summed E-state index contributed by atoms with van der Waals surface area (Å²) >= 11 is 0. The summed E-state index contributed by atoms with van der Waals surface area (Å²) in [5.41, 5.74) is -0.561. The molecular weight excluding hydrogens is 280 g/mol. The highest BCUT2D eigenvalue weighted by molar-refractivity contribution is 5.87. The van der Waals surface area contributed by atoms with Crippen LogP contribution in [0.4, 0.5) is 0 Å². The van der Waals surface area contributed by atoms with Gasteiger partial charge in [-0.15, -0.1) is 0 Å². The third-order valence-corrected chi connectivity index (χ3v) is 3.40. The minimum Gasteiger partial charge on any atom is -0.458 e. The summed E-state index contributed by atoms with van der Waals surface area (Å²) in [6.45, 7) is 13.5. The van der Waals surface area contributed by atoms with E-state index in [9.17, 15) is 9.59 Å². The Hall–Kier alpha value is -1.10. The summed E-state index contributed by atoms with van der Waals surface area (Å²) in [5, 5.41) is 3.05. The van der Waals surface area contributed by atoms with Crippen LogP contribution in [-0.4, -0.2) is 48.6 Å². The van der Waals surface area contributed by atoms with Gasteiger partial charge in [0.15, 0.2) is 0 Å². The number of hydrogen-bond donors (Lipinski definition) is 1. The van der Waals surface area contributed by atoms with Crippen molar-refractivity contribution in [3.8, 4) is 0 Å². The Morgan fingerprint density at radius 1 is 1.14 bits per heavy atom. The molecule has 0 bridgehead atoms. The Balaban J connectivity index is 5.17. The largest absolute Gasteiger partial charge is 0.458 e. The Morgan fingerprint density at radius 3 is 1.95 bits per heavy atom. The molecule has 0 saturated carbocycles. The number of hydrogen-bond acceptors (Lipinski definition) is 4. The van der Waals surface area contributed by atoms with Crippen molar-refractivity contribution in [2.75, 3.05) is 14.1 Å². The van der Waals surface area contributed by atoms with Gasteiger partial charge in [-0.3, -0.25) is 4.79 Å². The number of ether oxygens (including phenoxy) is 1. The molecule has 1 N–H and O–H groups in total. The van der Waals surface area contributed by atoms with Crippen LogP contribution < -0.4 is 5.32 Å². The molecule has 0 saturated heterocycles. The molecule has 0 aliphatic heterocycles. The molecule has 0 spiro atoms. The van der Waals surface area contributed by atoms with E-state index in [2.05, 4.69) is 19.2 Å². The van der Waals surface area contributed by atoms with Gasteiger partial charge >= 0.3 is 5.97 Å². The van der Waals surface area contributed by atoms with E-state index in [4.69, 9.17) is 4.74 Å². The van der Waals surface area contributed by atoms with Gasteiger partial charge in [-0.2, -0.15) is 0 Å². The minimum absolute atomic E-state index is 0.0136. The second kappa shape index (κ2) is 8.51. The fourth-order valence-electron chi connectivity index (χ4n) is 2.44. The average Bonchev–Trinajstić information content (AvgIpc) is 2.31. The molecule has 0 radical (unpaired) electrons. The smallest absolute Gasteiger partial charge is 0.329 e. The predicted octanol–water partition coefficient (Wildman–Crippen LogP) is 2.45. The van der Waals surface area contributed by atoms with Gasteiger partial charge in [0.2, 0.25) is 5.91 Å². The molecule has 0 aromatic rings. The van der Waals surface area contributed by atoms with Gasteiger partial charge in [0, 0.05) is 7.05 Å². The number of esters is 1. The SMILES string of the molecule is CN[C@H](CC(C)C)C(=O)N(C)[C@H](C(=O)OC(C)(C)C)C(C)C. The summed E-state index contributed by atoms with van der Waals surface area (Å²) in [4.78, 5) is 26.7. The quantitative estimate of drug-likeness (QED) is 0.733. The maximum Gasteiger partial charge on any atom is 0.329 e. The van der Waals surface area contributed by atoms with E-state index >= 15 is 0 Å². The molecule has 0 aliphatic rings. The van der Waals surface area contributed by atoms with E-state index in [-0.39, 0.29) is 23.8 Å². The van der Waals surface area contributed by atoms with Crippen LogP contribution in [0.2, 0.25) is 0 Å². The Labute approximate surface area is 135 Å². The zero-order valence-corrected chi connectivity index (χ0v) is 15.7. The highest BCUT2D eigenvalue weighted by Crippen LogP contribution is 2.18. The van der Waals surface area contributed by atoms with Crippen molar-refractivity contribution < 1.29 is 14.3 Å². The first-order valence-corrected chi connectivity index (χ1v) is 8.07. The normalized spacial score (nSPS) is 14.9. The lowest BCUT2D eigenvalue weighted by atomic mass is 9.99. The maximum atomic E-state index is 12.7. The van der Waals surface area contributed by atoms with Crippen LogP contribution in [0, 0.1) is 11.8 Å². The van der Waals surface area contributed by atoms with Crippen molar-refractivity contribution in [1.29, 1.82) is 0 Å². The van der Waals surface area contributed by atoms with Crippen LogP contribution >= 0.6 is 0 Å². The third kappa shape index (κ3) is 6.77. The topological polar surface area (TPSA) is 58.6 Å². The van der Waals surface area contributed by atoms with Gasteiger partial charge in [-0.1, -0.05) is 27.7 Å². The maximum absolute atomic E-state index is 12.7. The van der Waals surface area contributed by atoms with E-state index in [0.717, 1.165) is 6.42 Å². The van der Waals surface area contributed by atoms with E-state index < -0.39 is 11.6 Å². The number of carbonyl (C=O) groups is 2. The lowest BCUT2D eigenvalue weighted by molar-refractivity contribution is -0.166. The van der Waals surface area contributed by atoms with Crippen LogP contribution in [0.5, 0.6) is 0 Å². The van der Waals surface area contributed by atoms with Crippen LogP contribution in [-0.2, 0) is 14.3 Å². The molecule has 1 amide bonds. The number of nitrogens with one attached hydrogen (secondary N) is 1. The van der Waals surface area contributed by atoms with E-state index in [0.29, 0.717) is 5.92 Å². The highest BCUT2D eigenvalue weighted by Gasteiger charge is 2.35. The average molecular weight is 314 g/mol. The molecular formula is C17H34N2O3. The molecule has 0 unspecified atom stereocenters. The number of rotatable bonds is 7. The van der Waals surface area contributed by atoms with Crippen LogP contribution in [0.1, 0.15) is 54.9 Å². The minimum atomic E-state index is -0.574. The van der Waals surface area contributed by atoms with Crippen molar-refractivity contribution in [2.45, 2.75) is 72.6 Å². The molecule has 0 aromatic carbocycles. The van der Waals surface area contributed by atoms with Crippen molar-refractivity contribution in [1.82, 2.24) is 10.2 Å². The number of amides is 1. The summed E-state index contributed by atoms with van der Waals surface area (Å²) in [6, 6.07) is -0.858. The van der Waals surface area contributed by atoms with Crippen LogP contribution in [0.3, 0.4) is 0 Å². The van der Waals surface area contributed by atoms with E-state index in [1.54, 1.807) is 14.1 Å². The summed E-state index contributed by atoms with van der Waals surface area (Å²) in [6.07, 6.45) is 0.735. The zero-order chi connectivity index (χ0) is 17.7. The molecule has 0 aliphatic carbocycles. The van der Waals surface area contributed by atoms with Crippen molar-refractivity contribution in [3.63, 3.8) is 0 Å². The van der Waals surface area contributed by atoms with Crippen molar-refractivity contribution in [3.05, 3.63) is 0 Å². The predicted molar refractivity (Wildman–Crippen MR) is 89.5 cm³/mol. The first-order valence-electron chi connectivity index (χ1n) is 8.07. The molecule has 0 aromatic heterocycles. The van der Waals surface area contributed by atoms with Gasteiger partial charge in [-0.05, 0) is 46.1 Å². The molecule has 130 valence electrons. The molecule has 0 fully saturated rings. The monoisotopic (exact) mass is 314 g/mol. The first-order chi connectivity index (χ1) is 9.90. The zero-order valence-electron chi connectivity index (χ0n) is 15.7. The van der Waals surface area contributed by atoms with Gasteiger partial charge < -0.3 is 15.0 Å². The van der Waals surface area contributed by atoms with Crippen molar-refractivity contribution in [2.24, 2.45) is 11.8 Å². The summed E-state index contributed by atoms with van der Waals surface area (Å²) in [5.74, 6) is -0.0345. The molecule has 5 heteroatoms. The van der Waals surface area contributed by atoms with Gasteiger partial charge in [-0.25, -0.2) is 4.79 Å². The second-order valence-corrected chi connectivity index (χ2v) is 7.64. The fourth-order valence-corrected chi connectivity index (χ4v) is 2.44. The lowest BCUT2D eigenvalue weighted by Crippen LogP contribution is -2.53. The number of likely N-dealkylation sites (N-methyl/N-ethyl adjacent to an activating group) is 2. The highest BCUT2D eigenvalue weighted by atomic mass is 16.6. The molecule has 0 rings (SSSR count). The molecule has 0 heterocycles. The Bertz CT molecular complexity index is 373. The standard InChI is InChI=1S/C17H34N2O3/c1-11(2)10-13(18-8)15(20)19(9)14(12(3)4)16(21)22-17(5,6)7/h11-14,18H,10H2,1-9H3/t13-,14+/m1/s1. The molecule has 2 atom stereocenters. The van der Waals surface area contributed by atoms with E-state index in [1.807, 2.05) is 34.6 Å². The Kier molecular flexibility index (Phi) is 8.09. The Morgan fingerprint density at radius 2 is 1.64 bits per heavy atom. The van der Waals surface area contributed by atoms with Gasteiger partial charge in [0.25, 0.3) is 0 Å². The van der Waals surface area contributed by atoms with Crippen LogP contribution in [0.25, 0.3) is 0 Å². The first kappa shape index (κ1) is 20.9. The molecule has 22 heavy (non-hydrogen) atoms. The fraction of sp³-hybridized carbons (Fsp3) is 0.882. The second-order valence-electron chi connectivity index (χ2n) is 7.64. The lowest BCUT2D eigenvalue weighted by Gasteiger charge is -2.34. The molecule has 5 nitrogen and oxygen atoms in total. The number of nitrogens with zero attached hydrogens (tertiary/aromatic N) is 1. The summed E-state index contributed by atoms with van der Waals surface area (Å²) < 4.78 is 5.47. The third-order valence-electron chi connectivity index (χ3n) is 3.40.